The van der Waals surface area contributed by atoms with Crippen LogP contribution in [0.5, 0.6) is 0 Å². The first kappa shape index (κ1) is 14.8. The van der Waals surface area contributed by atoms with E-state index in [0.717, 1.165) is 5.56 Å². The number of hydrogen-bond donors (Lipinski definition) is 0. The van der Waals surface area contributed by atoms with Crippen LogP contribution in [0.25, 0.3) is 0 Å². The van der Waals surface area contributed by atoms with Gasteiger partial charge in [-0.15, -0.1) is 0 Å². The van der Waals surface area contributed by atoms with Gasteiger partial charge in [-0.25, -0.2) is 0 Å². The normalized spacial score (nSPS) is 26.6. The van der Waals surface area contributed by atoms with Crippen LogP contribution < -0.4 is 0 Å². The molecule has 2 aliphatic rings. The fourth-order valence-electron chi connectivity index (χ4n) is 2.56. The minimum atomic E-state index is -0.484. The van der Waals surface area contributed by atoms with Gasteiger partial charge in [-0.05, 0) is 17.7 Å². The topological polar surface area (TPSA) is 48.0 Å². The molecule has 0 aromatic heterocycles. The van der Waals surface area contributed by atoms with Crippen molar-refractivity contribution in [2.45, 2.75) is 12.2 Å². The number of carbonyl (C=O) groups is 1. The lowest BCUT2D eigenvalue weighted by Crippen LogP contribution is -2.50. The van der Waals surface area contributed by atoms with E-state index in [0.29, 0.717) is 44.5 Å². The molecule has 0 spiro atoms. The van der Waals surface area contributed by atoms with E-state index >= 15 is 0 Å². The van der Waals surface area contributed by atoms with E-state index in [9.17, 15) is 4.79 Å². The summed E-state index contributed by atoms with van der Waals surface area (Å²) in [5, 5.41) is 0.690. The van der Waals surface area contributed by atoms with Gasteiger partial charge < -0.3 is 19.1 Å². The van der Waals surface area contributed by atoms with Gasteiger partial charge in [0.2, 0.25) is 0 Å². The number of amides is 1. The first-order valence-electron chi connectivity index (χ1n) is 7.09. The van der Waals surface area contributed by atoms with Crippen LogP contribution in [0.2, 0.25) is 5.02 Å². The SMILES string of the molecule is O=C(C1COCCO1)N1CCOC(c2ccc(Cl)cc2)C1. The van der Waals surface area contributed by atoms with E-state index in [-0.39, 0.29) is 12.0 Å². The van der Waals surface area contributed by atoms with Gasteiger partial charge in [0.25, 0.3) is 5.91 Å². The van der Waals surface area contributed by atoms with Crippen LogP contribution in [-0.4, -0.2) is 56.4 Å². The van der Waals surface area contributed by atoms with E-state index in [2.05, 4.69) is 0 Å². The average Bonchev–Trinajstić information content (AvgIpc) is 2.56. The second kappa shape index (κ2) is 6.75. The van der Waals surface area contributed by atoms with Gasteiger partial charge in [-0.3, -0.25) is 4.79 Å². The van der Waals surface area contributed by atoms with Crippen molar-refractivity contribution in [3.8, 4) is 0 Å². The number of hydrogen-bond acceptors (Lipinski definition) is 4. The summed E-state index contributed by atoms with van der Waals surface area (Å²) in [4.78, 5) is 14.2. The molecule has 0 bridgehead atoms. The van der Waals surface area contributed by atoms with Crippen molar-refractivity contribution in [1.29, 1.82) is 0 Å². The monoisotopic (exact) mass is 311 g/mol. The van der Waals surface area contributed by atoms with Crippen LogP contribution in [0.15, 0.2) is 24.3 Å². The number of carbonyl (C=O) groups excluding carboxylic acids is 1. The predicted molar refractivity (Wildman–Crippen MR) is 77.3 cm³/mol. The Bertz CT molecular complexity index is 487. The quantitative estimate of drug-likeness (QED) is 0.833. The Kier molecular flexibility index (Phi) is 4.75. The number of halogens is 1. The van der Waals surface area contributed by atoms with Gasteiger partial charge >= 0.3 is 0 Å². The summed E-state index contributed by atoms with van der Waals surface area (Å²) in [6.07, 6.45) is -0.604. The summed E-state index contributed by atoms with van der Waals surface area (Å²) in [5.41, 5.74) is 1.03. The third-order valence-electron chi connectivity index (χ3n) is 3.71. The highest BCUT2D eigenvalue weighted by molar-refractivity contribution is 6.30. The summed E-state index contributed by atoms with van der Waals surface area (Å²) in [5.74, 6) is -0.0167. The highest BCUT2D eigenvalue weighted by Crippen LogP contribution is 2.24. The Hall–Kier alpha value is -1.14. The molecule has 0 radical (unpaired) electrons. The highest BCUT2D eigenvalue weighted by atomic mass is 35.5. The molecule has 0 N–H and O–H groups in total. The molecule has 1 aromatic rings. The van der Waals surface area contributed by atoms with Gasteiger partial charge in [-0.2, -0.15) is 0 Å². The summed E-state index contributed by atoms with van der Waals surface area (Å²) >= 11 is 5.90. The third kappa shape index (κ3) is 3.55. The van der Waals surface area contributed by atoms with Crippen LogP contribution in [0, 0.1) is 0 Å². The van der Waals surface area contributed by atoms with Crippen LogP contribution in [0.1, 0.15) is 11.7 Å². The molecular formula is C15H18ClNO4. The second-order valence-electron chi connectivity index (χ2n) is 5.13. The van der Waals surface area contributed by atoms with Crippen molar-refractivity contribution >= 4 is 17.5 Å². The Balaban J connectivity index is 1.64. The second-order valence-corrected chi connectivity index (χ2v) is 5.57. The summed E-state index contributed by atoms with van der Waals surface area (Å²) in [6, 6.07) is 7.53. The van der Waals surface area contributed by atoms with E-state index in [4.69, 9.17) is 25.8 Å². The van der Waals surface area contributed by atoms with E-state index < -0.39 is 6.10 Å². The minimum Gasteiger partial charge on any atom is -0.376 e. The lowest BCUT2D eigenvalue weighted by Gasteiger charge is -2.35. The number of ether oxygens (including phenoxy) is 3. The number of morpholine rings is 1. The number of nitrogens with zero attached hydrogens (tertiary/aromatic N) is 1. The van der Waals surface area contributed by atoms with Crippen LogP contribution >= 0.6 is 11.6 Å². The summed E-state index contributed by atoms with van der Waals surface area (Å²) in [6.45, 7) is 3.00. The zero-order chi connectivity index (χ0) is 14.7. The molecule has 2 heterocycles. The fourth-order valence-corrected chi connectivity index (χ4v) is 2.69. The smallest absolute Gasteiger partial charge is 0.254 e. The molecule has 1 aromatic carbocycles. The molecule has 2 unspecified atom stereocenters. The Morgan fingerprint density at radius 2 is 1.95 bits per heavy atom. The molecule has 5 nitrogen and oxygen atoms in total. The van der Waals surface area contributed by atoms with Crippen molar-refractivity contribution < 1.29 is 19.0 Å². The van der Waals surface area contributed by atoms with Gasteiger partial charge in [0.15, 0.2) is 6.10 Å². The molecule has 2 atom stereocenters. The zero-order valence-corrected chi connectivity index (χ0v) is 12.4. The van der Waals surface area contributed by atoms with E-state index in [1.807, 2.05) is 24.3 Å². The van der Waals surface area contributed by atoms with Crippen molar-refractivity contribution in [3.05, 3.63) is 34.9 Å². The van der Waals surface area contributed by atoms with Gasteiger partial charge in [0.05, 0.1) is 33.0 Å². The lowest BCUT2D eigenvalue weighted by atomic mass is 10.1. The molecule has 2 aliphatic heterocycles. The maximum atomic E-state index is 12.4. The Labute approximate surface area is 128 Å². The van der Waals surface area contributed by atoms with Crippen LogP contribution in [-0.2, 0) is 19.0 Å². The molecule has 114 valence electrons. The molecule has 0 saturated carbocycles. The maximum absolute atomic E-state index is 12.4. The highest BCUT2D eigenvalue weighted by Gasteiger charge is 2.31. The molecule has 1 amide bonds. The van der Waals surface area contributed by atoms with Crippen LogP contribution in [0.3, 0.4) is 0 Å². The van der Waals surface area contributed by atoms with Crippen LogP contribution in [0.4, 0.5) is 0 Å². The Morgan fingerprint density at radius 3 is 2.67 bits per heavy atom. The Morgan fingerprint density at radius 1 is 1.14 bits per heavy atom. The van der Waals surface area contributed by atoms with Crippen molar-refractivity contribution in [3.63, 3.8) is 0 Å². The molecular weight excluding hydrogens is 294 g/mol. The van der Waals surface area contributed by atoms with Crippen molar-refractivity contribution in [2.24, 2.45) is 0 Å². The molecule has 21 heavy (non-hydrogen) atoms. The first-order chi connectivity index (χ1) is 10.2. The summed E-state index contributed by atoms with van der Waals surface area (Å²) < 4.78 is 16.5. The van der Waals surface area contributed by atoms with Gasteiger partial charge in [0.1, 0.15) is 6.10 Å². The first-order valence-corrected chi connectivity index (χ1v) is 7.47. The minimum absolute atomic E-state index is 0.0167. The maximum Gasteiger partial charge on any atom is 0.254 e. The summed E-state index contributed by atoms with van der Waals surface area (Å²) in [7, 11) is 0. The molecule has 2 saturated heterocycles. The fraction of sp³-hybridized carbons (Fsp3) is 0.533. The predicted octanol–water partition coefficient (Wildman–Crippen LogP) is 1.66. The van der Waals surface area contributed by atoms with E-state index in [1.54, 1.807) is 4.90 Å². The zero-order valence-electron chi connectivity index (χ0n) is 11.7. The molecule has 2 fully saturated rings. The third-order valence-corrected chi connectivity index (χ3v) is 3.96. The van der Waals surface area contributed by atoms with Gasteiger partial charge in [-0.1, -0.05) is 23.7 Å². The molecule has 3 rings (SSSR count). The van der Waals surface area contributed by atoms with Crippen molar-refractivity contribution in [2.75, 3.05) is 39.5 Å². The average molecular weight is 312 g/mol. The standard InChI is InChI=1S/C15H18ClNO4/c16-12-3-1-11(2-4-12)13-9-17(5-6-20-13)15(18)14-10-19-7-8-21-14/h1-4,13-14H,5-10H2. The largest absolute Gasteiger partial charge is 0.376 e. The molecule has 0 aliphatic carbocycles. The lowest BCUT2D eigenvalue weighted by molar-refractivity contribution is -0.164. The van der Waals surface area contributed by atoms with Crippen molar-refractivity contribution in [1.82, 2.24) is 4.90 Å². The number of rotatable bonds is 2. The van der Waals surface area contributed by atoms with E-state index in [1.165, 1.54) is 0 Å². The van der Waals surface area contributed by atoms with Gasteiger partial charge in [0, 0.05) is 11.6 Å². The molecule has 6 heteroatoms. The number of benzene rings is 1.